The molecule has 0 bridgehead atoms. The lowest BCUT2D eigenvalue weighted by Crippen LogP contribution is -2.25. The molecule has 1 saturated carbocycles. The van der Waals surface area contributed by atoms with E-state index in [9.17, 15) is 14.7 Å². The quantitative estimate of drug-likeness (QED) is 0.305. The summed E-state index contributed by atoms with van der Waals surface area (Å²) in [5.41, 5.74) is 1.08. The summed E-state index contributed by atoms with van der Waals surface area (Å²) in [4.78, 5) is 29.7. The van der Waals surface area contributed by atoms with Gasteiger partial charge >= 0.3 is 5.97 Å². The molecule has 190 valence electrons. The lowest BCUT2D eigenvalue weighted by Gasteiger charge is -2.22. The predicted octanol–water partition coefficient (Wildman–Crippen LogP) is 6.10. The average molecular weight is 621 g/mol. The lowest BCUT2D eigenvalue weighted by atomic mass is 9.88. The van der Waals surface area contributed by atoms with E-state index in [4.69, 9.17) is 14.5 Å². The number of carbonyl (C=O) groups is 1. The van der Waals surface area contributed by atoms with Crippen molar-refractivity contribution in [3.63, 3.8) is 0 Å². The molecule has 0 amide bonds. The van der Waals surface area contributed by atoms with Crippen LogP contribution >= 0.6 is 31.9 Å². The molecule has 0 unspecified atom stereocenters. The van der Waals surface area contributed by atoms with Crippen molar-refractivity contribution in [2.24, 2.45) is 5.10 Å². The van der Waals surface area contributed by atoms with Crippen molar-refractivity contribution in [1.82, 2.24) is 9.66 Å². The van der Waals surface area contributed by atoms with Gasteiger partial charge in [-0.2, -0.15) is 9.78 Å². The van der Waals surface area contributed by atoms with Crippen molar-refractivity contribution in [2.75, 3.05) is 6.61 Å². The zero-order valence-electron chi connectivity index (χ0n) is 20.0. The van der Waals surface area contributed by atoms with Gasteiger partial charge in [-0.25, -0.2) is 9.78 Å². The molecule has 36 heavy (non-hydrogen) atoms. The standard InChI is InChI=1S/C26H27Br2N3O5/c1-3-35-22-12-16(11-20(28)23(22)36-15(2)26(33)34)14-29-31-24(17-7-5-4-6-8-17)30-21-10-9-18(27)13-19(21)25(31)32/h9-15,17H,3-8H2,1-2H3,(H,33,34)/t15-/m1/s1. The van der Waals surface area contributed by atoms with Gasteiger partial charge in [0.15, 0.2) is 17.6 Å². The fourth-order valence-corrected chi connectivity index (χ4v) is 5.21. The van der Waals surface area contributed by atoms with Gasteiger partial charge in [-0.05, 0) is 78.5 Å². The monoisotopic (exact) mass is 619 g/mol. The van der Waals surface area contributed by atoms with Crippen LogP contribution in [0.15, 0.2) is 49.2 Å². The normalized spacial score (nSPS) is 15.3. The summed E-state index contributed by atoms with van der Waals surface area (Å²) in [6.45, 7) is 3.64. The summed E-state index contributed by atoms with van der Waals surface area (Å²) in [7, 11) is 0. The molecule has 3 aromatic rings. The first-order chi connectivity index (χ1) is 17.3. The van der Waals surface area contributed by atoms with E-state index in [1.165, 1.54) is 18.0 Å². The molecule has 1 N–H and O–H groups in total. The first-order valence-corrected chi connectivity index (χ1v) is 13.5. The zero-order valence-corrected chi connectivity index (χ0v) is 23.2. The fourth-order valence-electron chi connectivity index (χ4n) is 4.29. The Balaban J connectivity index is 1.79. The minimum atomic E-state index is -1.08. The van der Waals surface area contributed by atoms with Crippen LogP contribution in [0.25, 0.3) is 10.9 Å². The molecule has 0 spiro atoms. The van der Waals surface area contributed by atoms with Gasteiger partial charge in [0.25, 0.3) is 5.56 Å². The molecule has 8 nitrogen and oxygen atoms in total. The van der Waals surface area contributed by atoms with Crippen LogP contribution < -0.4 is 15.0 Å². The van der Waals surface area contributed by atoms with E-state index in [0.29, 0.717) is 44.9 Å². The van der Waals surface area contributed by atoms with Crippen LogP contribution in [0, 0.1) is 0 Å². The molecule has 0 aliphatic heterocycles. The van der Waals surface area contributed by atoms with Crippen molar-refractivity contribution in [2.45, 2.75) is 58.0 Å². The van der Waals surface area contributed by atoms with E-state index in [1.807, 2.05) is 19.1 Å². The van der Waals surface area contributed by atoms with Gasteiger partial charge < -0.3 is 14.6 Å². The van der Waals surface area contributed by atoms with Crippen molar-refractivity contribution >= 4 is 54.9 Å². The highest BCUT2D eigenvalue weighted by Crippen LogP contribution is 2.37. The maximum Gasteiger partial charge on any atom is 0.344 e. The van der Waals surface area contributed by atoms with Crippen molar-refractivity contribution < 1.29 is 19.4 Å². The van der Waals surface area contributed by atoms with Gasteiger partial charge in [-0.15, -0.1) is 0 Å². The van der Waals surface area contributed by atoms with Crippen molar-refractivity contribution in [1.29, 1.82) is 0 Å². The van der Waals surface area contributed by atoms with Gasteiger partial charge in [0.2, 0.25) is 0 Å². The Bertz CT molecular complexity index is 1370. The molecule has 1 heterocycles. The van der Waals surface area contributed by atoms with Gasteiger partial charge in [-0.3, -0.25) is 4.79 Å². The fraction of sp³-hybridized carbons (Fsp3) is 0.385. The summed E-state index contributed by atoms with van der Waals surface area (Å²) >= 11 is 6.90. The van der Waals surface area contributed by atoms with Crippen LogP contribution in [0.4, 0.5) is 0 Å². The largest absolute Gasteiger partial charge is 0.490 e. The second-order valence-electron chi connectivity index (χ2n) is 8.69. The number of hydrogen-bond donors (Lipinski definition) is 1. The number of halogens is 2. The Kier molecular flexibility index (Phi) is 8.46. The van der Waals surface area contributed by atoms with Crippen molar-refractivity contribution in [3.8, 4) is 11.5 Å². The molecular formula is C26H27Br2N3O5. The summed E-state index contributed by atoms with van der Waals surface area (Å²) in [6.07, 6.45) is 5.85. The molecular weight excluding hydrogens is 594 g/mol. The molecule has 0 radical (unpaired) electrons. The van der Waals surface area contributed by atoms with Crippen LogP contribution in [0.3, 0.4) is 0 Å². The number of ether oxygens (including phenoxy) is 2. The Hall–Kier alpha value is -2.72. The highest BCUT2D eigenvalue weighted by Gasteiger charge is 2.23. The van der Waals surface area contributed by atoms with Crippen LogP contribution in [0.1, 0.15) is 63.3 Å². The first kappa shape index (κ1) is 26.3. The molecule has 1 aliphatic carbocycles. The lowest BCUT2D eigenvalue weighted by molar-refractivity contribution is -0.144. The highest BCUT2D eigenvalue weighted by atomic mass is 79.9. The third kappa shape index (κ3) is 5.81. The Morgan fingerprint density at radius 3 is 2.69 bits per heavy atom. The molecule has 10 heteroatoms. The summed E-state index contributed by atoms with van der Waals surface area (Å²) in [5.74, 6) is 0.420. The smallest absolute Gasteiger partial charge is 0.344 e. The number of carboxylic acids is 1. The van der Waals surface area contributed by atoms with E-state index in [0.717, 1.165) is 30.2 Å². The minimum absolute atomic E-state index is 0.163. The second kappa shape index (κ2) is 11.6. The Morgan fingerprint density at radius 1 is 1.25 bits per heavy atom. The number of benzene rings is 2. The van der Waals surface area contributed by atoms with E-state index < -0.39 is 12.1 Å². The van der Waals surface area contributed by atoms with Gasteiger partial charge in [-0.1, -0.05) is 35.2 Å². The number of aromatic nitrogens is 2. The molecule has 1 aliphatic rings. The Morgan fingerprint density at radius 2 is 2.00 bits per heavy atom. The third-order valence-corrected chi connectivity index (χ3v) is 7.18. The molecule has 1 fully saturated rings. The molecule has 0 saturated heterocycles. The van der Waals surface area contributed by atoms with E-state index >= 15 is 0 Å². The number of rotatable bonds is 8. The minimum Gasteiger partial charge on any atom is -0.490 e. The zero-order chi connectivity index (χ0) is 25.8. The summed E-state index contributed by atoms with van der Waals surface area (Å²) < 4.78 is 14.0. The maximum absolute atomic E-state index is 13.5. The highest BCUT2D eigenvalue weighted by molar-refractivity contribution is 9.10. The molecule has 1 atom stereocenters. The van der Waals surface area contributed by atoms with E-state index in [-0.39, 0.29) is 11.5 Å². The van der Waals surface area contributed by atoms with Crippen molar-refractivity contribution in [3.05, 3.63) is 61.0 Å². The van der Waals surface area contributed by atoms with Crippen LogP contribution in [-0.4, -0.2) is 39.7 Å². The Labute approximate surface area is 225 Å². The SMILES string of the molecule is CCOc1cc(C=Nn2c(C3CCCCC3)nc3ccc(Br)cc3c2=O)cc(Br)c1O[C@H](C)C(=O)O. The average Bonchev–Trinajstić information content (AvgIpc) is 2.86. The number of fused-ring (bicyclic) bond motifs is 1. The van der Waals surface area contributed by atoms with Crippen LogP contribution in [-0.2, 0) is 4.79 Å². The number of aliphatic carboxylic acids is 1. The molecule has 2 aromatic carbocycles. The van der Waals surface area contributed by atoms with Gasteiger partial charge in [0.05, 0.1) is 28.2 Å². The number of nitrogens with zero attached hydrogens (tertiary/aromatic N) is 3. The third-order valence-electron chi connectivity index (χ3n) is 6.10. The predicted molar refractivity (Wildman–Crippen MR) is 146 cm³/mol. The van der Waals surface area contributed by atoms with Gasteiger partial charge in [0.1, 0.15) is 5.82 Å². The van der Waals surface area contributed by atoms with E-state index in [2.05, 4.69) is 37.0 Å². The topological polar surface area (TPSA) is 103 Å². The van der Waals surface area contributed by atoms with Crippen LogP contribution in [0.5, 0.6) is 11.5 Å². The summed E-state index contributed by atoms with van der Waals surface area (Å²) in [5, 5.41) is 14.3. The first-order valence-electron chi connectivity index (χ1n) is 11.9. The molecule has 1 aromatic heterocycles. The maximum atomic E-state index is 13.5. The van der Waals surface area contributed by atoms with Gasteiger partial charge in [0, 0.05) is 10.4 Å². The van der Waals surface area contributed by atoms with E-state index in [1.54, 1.807) is 24.4 Å². The molecule has 4 rings (SSSR count). The van der Waals surface area contributed by atoms with Crippen LogP contribution in [0.2, 0.25) is 0 Å². The second-order valence-corrected chi connectivity index (χ2v) is 10.5. The summed E-state index contributed by atoms with van der Waals surface area (Å²) in [6, 6.07) is 8.95. The number of hydrogen-bond acceptors (Lipinski definition) is 6. The number of carboxylic acid groups (broad SMARTS) is 1.